The van der Waals surface area contributed by atoms with Gasteiger partial charge in [0.25, 0.3) is 0 Å². The van der Waals surface area contributed by atoms with E-state index in [0.29, 0.717) is 0 Å². The monoisotopic (exact) mass is 2660 g/mol. The van der Waals surface area contributed by atoms with Gasteiger partial charge >= 0.3 is 70.4 Å². The molecule has 0 aromatic rings. The van der Waals surface area contributed by atoms with Gasteiger partial charge in [-0.1, -0.05) is 48.4 Å². The standard InChI is InChI=1S/C88H224O12P24Si16/c1-101(2)65-125(66-102(3)4,67-103(5)6)49-57-133-89-134(58-50-126(68-104(7)8,69-105(9)10)70-106(11)12)92-137(61-53-129(77-113(25)26,78-114(27)28)79-115(29)30)94-135(90-133,59-51-127(71-107(13)14,72-108(15)16)73-109(17)18)96-139(63-55-131(83-119(37)38,84-120(39)40)85-121(41)42)97-136(91-133,60-52-128(74-110(19)20,75-111(21)22)76-112(23)24)95-138(93-134,62-54-130(80-116(31)32,81-117(33)34)82-118(35)36)99-140(98-137,100-139)64-56-132(86-122(43)44,87-123(45)46)88-124(47)48/h49-88H2,1-48H3. The molecule has 140 heavy (non-hydrogen) atoms. The van der Waals surface area contributed by atoms with E-state index in [1.54, 1.807) is 0 Å². The van der Waals surface area contributed by atoms with E-state index in [2.05, 4.69) is 320 Å². The van der Waals surface area contributed by atoms with Crippen LogP contribution < -0.4 is 0 Å². The van der Waals surface area contributed by atoms with Crippen LogP contribution in [0.3, 0.4) is 0 Å². The summed E-state index contributed by atoms with van der Waals surface area (Å²) < 4.78 is 120. The zero-order valence-corrected chi connectivity index (χ0v) is 137. The summed E-state index contributed by atoms with van der Waals surface area (Å²) in [6.45, 7) is 128. The fourth-order valence-electron chi connectivity index (χ4n) is 27.1. The third kappa shape index (κ3) is 50.1. The normalized spacial score (nSPS) is 24.9. The highest BCUT2D eigenvalue weighted by Gasteiger charge is 2.84. The summed E-state index contributed by atoms with van der Waals surface area (Å²) in [7, 11) is -60.5. The maximum absolute atomic E-state index is 10.0. The molecule has 0 aromatic heterocycles. The Hall–Kier alpha value is 13.3. The molecule has 8 bridgehead atoms. The predicted octanol–water partition coefficient (Wildman–Crippen LogP) is 30.1. The Kier molecular flexibility index (Phi) is 65.8. The van der Waals surface area contributed by atoms with Crippen molar-refractivity contribution >= 4 is 325 Å². The van der Waals surface area contributed by atoms with E-state index in [0.717, 1.165) is 96.7 Å². The highest BCUT2D eigenvalue weighted by atomic mass is 31.2. The minimum atomic E-state index is -4.54. The predicted molar refractivity (Wildman–Crippen MR) is 749 cm³/mol. The van der Waals surface area contributed by atoms with E-state index in [4.69, 9.17) is 0 Å². The average Bonchev–Trinajstić information content (AvgIpc) is 0.681. The van der Waals surface area contributed by atoms with Crippen molar-refractivity contribution in [2.45, 2.75) is 96.7 Å². The lowest BCUT2D eigenvalue weighted by Crippen LogP contribution is -2.88. The van der Waals surface area contributed by atoms with Crippen LogP contribution in [0, 0.1) is 0 Å². The molecule has 12 nitrogen and oxygen atoms in total. The van der Waals surface area contributed by atoms with Crippen LogP contribution in [0.2, 0.25) is 96.7 Å². The van der Waals surface area contributed by atoms with Gasteiger partial charge < -0.3 is 49.4 Å². The molecule has 6 saturated heterocycles. The zero-order chi connectivity index (χ0) is 107. The lowest BCUT2D eigenvalue weighted by atomic mass is 10.9. The van der Waals surface area contributed by atoms with Gasteiger partial charge in [-0.2, -0.15) is 0 Å². The van der Waals surface area contributed by atoms with Gasteiger partial charge in [-0.15, -0.1) is 190 Å². The molecule has 0 saturated carbocycles. The maximum atomic E-state index is 10.0. The third-order valence-corrected chi connectivity index (χ3v) is 203. The molecule has 0 aliphatic carbocycles. The second kappa shape index (κ2) is 64.1. The van der Waals surface area contributed by atoms with E-state index < -0.39 is 135 Å². The summed E-state index contributed by atoms with van der Waals surface area (Å²) in [4.78, 5) is 0. The van der Waals surface area contributed by atoms with Crippen molar-refractivity contribution in [1.29, 1.82) is 0 Å². The molecule has 6 aliphatic heterocycles. The van der Waals surface area contributed by atoms with Crippen molar-refractivity contribution < 1.29 is 49.4 Å². The first-order valence-corrected chi connectivity index (χ1v) is 148. The van der Waals surface area contributed by atoms with Gasteiger partial charge in [-0.25, -0.2) is 0 Å². The van der Waals surface area contributed by atoms with Crippen molar-refractivity contribution in [2.75, 3.05) is 459 Å². The van der Waals surface area contributed by atoms with Crippen LogP contribution in [-0.2, 0) is 49.4 Å². The Bertz CT molecular complexity index is 2620. The quantitative estimate of drug-likeness (QED) is 0.0427. The Morgan fingerprint density at radius 1 is 0.100 bits per heavy atom. The first kappa shape index (κ1) is 144. The van der Waals surface area contributed by atoms with Gasteiger partial charge in [0.05, 0.1) is 64.6 Å². The van der Waals surface area contributed by atoms with Gasteiger partial charge in [0.2, 0.25) is 0 Å². The molecule has 6 rings (SSSR count). The van der Waals surface area contributed by atoms with Crippen LogP contribution in [0.4, 0.5) is 0 Å². The van der Waals surface area contributed by atoms with Gasteiger partial charge in [0.15, 0.2) is 0 Å². The van der Waals surface area contributed by atoms with Crippen molar-refractivity contribution in [3.63, 3.8) is 0 Å². The van der Waals surface area contributed by atoms with Crippen molar-refractivity contribution in [1.82, 2.24) is 0 Å². The Labute approximate surface area is 920 Å². The smallest absolute Gasteiger partial charge is 0.373 e. The fraction of sp³-hybridized carbons (Fsp3) is 1.00. The molecule has 0 radical (unpaired) electrons. The minimum absolute atomic E-state index is 0.252. The molecule has 6 fully saturated rings. The zero-order valence-electron chi connectivity index (χ0n) is 99.9. The molecule has 0 N–H and O–H groups in total. The lowest BCUT2D eigenvalue weighted by molar-refractivity contribution is -0.0288. The molecule has 0 atom stereocenters. The Balaban J connectivity index is 2.61. The van der Waals surface area contributed by atoms with Gasteiger partial charge in [0, 0.05) is 48.4 Å². The maximum Gasteiger partial charge on any atom is 0.478 e. The second-order valence-electron chi connectivity index (χ2n) is 52.4. The highest BCUT2D eigenvalue weighted by molar-refractivity contribution is 7.72. The summed E-state index contributed by atoms with van der Waals surface area (Å²) in [5, 5.41) is 0. The van der Waals surface area contributed by atoms with E-state index in [-0.39, 0.29) is 190 Å². The molecular formula is C88H224O12P24Si16. The van der Waals surface area contributed by atoms with E-state index >= 15 is 0 Å². The summed E-state index contributed by atoms with van der Waals surface area (Å²) in [5.41, 5.74) is 0. The van der Waals surface area contributed by atoms with Crippen LogP contribution >= 0.6 is 190 Å². The van der Waals surface area contributed by atoms with Crippen molar-refractivity contribution in [3.05, 3.63) is 0 Å². The second-order valence-corrected chi connectivity index (χ2v) is 187. The first-order valence-electron chi connectivity index (χ1n) is 52.1. The highest BCUT2D eigenvalue weighted by Crippen LogP contribution is 2.63. The van der Waals surface area contributed by atoms with Crippen LogP contribution in [0.5, 0.6) is 0 Å². The van der Waals surface area contributed by atoms with Crippen LogP contribution in [0.15, 0.2) is 0 Å². The summed E-state index contributed by atoms with van der Waals surface area (Å²) in [5.74, 6) is 32.8. The molecule has 0 unspecified atom stereocenters. The molecule has 832 valence electrons. The summed E-state index contributed by atoms with van der Waals surface area (Å²) in [6, 6.07) is 14.6. The Morgan fingerprint density at radius 3 is 0.193 bits per heavy atom. The Morgan fingerprint density at radius 2 is 0.150 bits per heavy atom. The van der Waals surface area contributed by atoms with Crippen LogP contribution in [0.25, 0.3) is 0 Å². The van der Waals surface area contributed by atoms with Crippen molar-refractivity contribution in [3.8, 4) is 0 Å². The van der Waals surface area contributed by atoms with Crippen molar-refractivity contribution in [2.24, 2.45) is 0 Å². The van der Waals surface area contributed by atoms with Crippen LogP contribution in [0.1, 0.15) is 0 Å². The largest absolute Gasteiger partial charge is 0.478 e. The summed E-state index contributed by atoms with van der Waals surface area (Å²) >= 11 is 0. The van der Waals surface area contributed by atoms with Gasteiger partial charge in [0.1, 0.15) is 0 Å². The molecule has 6 heterocycles. The van der Waals surface area contributed by atoms with E-state index in [1.807, 2.05) is 0 Å². The first-order chi connectivity index (χ1) is 64.1. The number of hydrogen-bond donors (Lipinski definition) is 0. The summed E-state index contributed by atoms with van der Waals surface area (Å²) in [6.07, 6.45) is 0. The van der Waals surface area contributed by atoms with E-state index in [9.17, 15) is 49.4 Å². The molecule has 52 heteroatoms. The average molecular weight is 2670 g/mol. The third-order valence-electron chi connectivity index (χ3n) is 27.1. The van der Waals surface area contributed by atoms with Gasteiger partial charge in [-0.05, 0) is 459 Å². The molecule has 0 spiro atoms. The fourth-order valence-corrected chi connectivity index (χ4v) is 275. The SMILES string of the molecule is CP(C)C[Si](CC[Si]12O[Si]3(CC[Si](CP(C)C)(CP(C)C)CP(C)C)O[Si]4(CC[Si](CP(C)C)(CP(C)C)CP(C)C)O[Si](CC[Si](CP(C)C)(CP(C)C)CP(C)C)(O1)O[Si]1(CC[Si](CP(C)C)(CP(C)C)CP(C)C)O[Si](CC[Si](CP(C)C)(CP(C)C)CP(C)C)(O2)O[Si](CC[Si](CP(C)C)(CP(C)C)CP(C)C)(O3)O[Si](CC[Si](CP(C)C)(CP(C)C)CP(C)C)(O4)O1)(CP(C)C)CP(C)C. The molecule has 0 aromatic carbocycles. The molecular weight excluding hydrogens is 2440 g/mol. The lowest BCUT2D eigenvalue weighted by Gasteiger charge is -2.64. The topological polar surface area (TPSA) is 111 Å². The minimum Gasteiger partial charge on any atom is -0.373 e. The van der Waals surface area contributed by atoms with Crippen LogP contribution in [-0.4, -0.2) is 594 Å². The number of hydrogen-bond acceptors (Lipinski definition) is 12. The van der Waals surface area contributed by atoms with Gasteiger partial charge in [-0.3, -0.25) is 0 Å². The van der Waals surface area contributed by atoms with E-state index in [1.165, 1.54) is 139 Å². The molecule has 0 amide bonds. The number of rotatable bonds is 72. The molecule has 6 aliphatic rings.